The summed E-state index contributed by atoms with van der Waals surface area (Å²) >= 11 is 5.42. The number of fused-ring (bicyclic) bond motifs is 2. The number of nitrogens with one attached hydrogen (secondary N) is 1. The molecule has 3 heterocycles. The number of hydrazone groups is 1. The van der Waals surface area contributed by atoms with E-state index in [9.17, 15) is 13.2 Å². The van der Waals surface area contributed by atoms with E-state index in [1.54, 1.807) is 24.4 Å². The van der Waals surface area contributed by atoms with Gasteiger partial charge in [-0.05, 0) is 42.9 Å². The van der Waals surface area contributed by atoms with Crippen LogP contribution < -0.4 is 14.8 Å². The fraction of sp³-hybridized carbons (Fsp3) is 0.294. The van der Waals surface area contributed by atoms with Crippen LogP contribution in [0.3, 0.4) is 0 Å². The molecular weight excluding hydrogens is 381 g/mol. The number of alkyl halides is 3. The number of hydrogen-bond donors (Lipinski definition) is 1. The largest absolute Gasteiger partial charge is 0.454 e. The number of para-hydroxylation sites is 1. The van der Waals surface area contributed by atoms with Crippen LogP contribution in [0.4, 0.5) is 18.9 Å². The molecule has 0 saturated carbocycles. The van der Waals surface area contributed by atoms with Crippen LogP contribution in [0.1, 0.15) is 13.3 Å². The molecule has 1 atom stereocenters. The monoisotopic (exact) mass is 396 g/mol. The lowest BCUT2D eigenvalue weighted by atomic mass is 10.1. The van der Waals surface area contributed by atoms with Gasteiger partial charge in [0.1, 0.15) is 11.7 Å². The Bertz CT molecular complexity index is 881. The third-order valence-electron chi connectivity index (χ3n) is 4.32. The summed E-state index contributed by atoms with van der Waals surface area (Å²) in [5.74, 6) is 0.914. The Hall–Kier alpha value is -2.75. The molecule has 10 heteroatoms. The number of benzene rings is 1. The van der Waals surface area contributed by atoms with Crippen LogP contribution in [0.15, 0.2) is 47.2 Å². The maximum absolute atomic E-state index is 13.3. The van der Waals surface area contributed by atoms with E-state index < -0.39 is 17.9 Å². The Morgan fingerprint density at radius 1 is 1.37 bits per heavy atom. The second kappa shape index (κ2) is 6.45. The predicted molar refractivity (Wildman–Crippen MR) is 97.3 cm³/mol. The highest BCUT2D eigenvalue weighted by atomic mass is 32.1. The molecule has 6 nitrogen and oxygen atoms in total. The third kappa shape index (κ3) is 2.99. The summed E-state index contributed by atoms with van der Waals surface area (Å²) in [4.78, 5) is 1.48. The molecule has 3 aliphatic rings. The molecule has 0 aromatic heterocycles. The normalized spacial score (nSPS) is 20.4. The molecule has 0 bridgehead atoms. The van der Waals surface area contributed by atoms with Crippen molar-refractivity contribution in [3.05, 3.63) is 42.1 Å². The van der Waals surface area contributed by atoms with Gasteiger partial charge in [-0.2, -0.15) is 13.2 Å². The average molecular weight is 396 g/mol. The summed E-state index contributed by atoms with van der Waals surface area (Å²) in [6.07, 6.45) is -0.511. The van der Waals surface area contributed by atoms with Crippen LogP contribution in [0, 0.1) is 0 Å². The highest BCUT2D eigenvalue weighted by Gasteiger charge is 2.45. The summed E-state index contributed by atoms with van der Waals surface area (Å²) < 4.78 is 50.7. The molecule has 0 fully saturated rings. The number of halogens is 3. The molecule has 142 valence electrons. The van der Waals surface area contributed by atoms with Crippen LogP contribution in [0.5, 0.6) is 11.5 Å². The number of ether oxygens (including phenoxy) is 2. The minimum absolute atomic E-state index is 0.0999. The first kappa shape index (κ1) is 17.7. The van der Waals surface area contributed by atoms with Gasteiger partial charge < -0.3 is 19.7 Å². The highest BCUT2D eigenvalue weighted by Crippen LogP contribution is 2.40. The first-order valence-corrected chi connectivity index (χ1v) is 8.63. The second-order valence-corrected chi connectivity index (χ2v) is 6.34. The maximum atomic E-state index is 13.3. The Morgan fingerprint density at radius 3 is 2.93 bits per heavy atom. The van der Waals surface area contributed by atoms with Crippen LogP contribution in [-0.4, -0.2) is 40.0 Å². The minimum Gasteiger partial charge on any atom is -0.454 e. The fourth-order valence-electron chi connectivity index (χ4n) is 3.12. The van der Waals surface area contributed by atoms with Crippen molar-refractivity contribution in [1.82, 2.24) is 9.91 Å². The number of hydrogen-bond acceptors (Lipinski definition) is 5. The Kier molecular flexibility index (Phi) is 4.22. The molecule has 0 radical (unpaired) electrons. The first-order chi connectivity index (χ1) is 12.9. The number of allylic oxidation sites excluding steroid dienone is 2. The first-order valence-electron chi connectivity index (χ1n) is 8.22. The van der Waals surface area contributed by atoms with E-state index >= 15 is 0 Å². The molecule has 0 aliphatic carbocycles. The minimum atomic E-state index is -4.50. The van der Waals surface area contributed by atoms with Crippen molar-refractivity contribution in [2.75, 3.05) is 12.1 Å². The van der Waals surface area contributed by atoms with Crippen molar-refractivity contribution in [1.29, 1.82) is 0 Å². The lowest BCUT2D eigenvalue weighted by Crippen LogP contribution is -2.44. The van der Waals surface area contributed by atoms with Gasteiger partial charge in [0.05, 0.1) is 5.69 Å². The van der Waals surface area contributed by atoms with Gasteiger partial charge >= 0.3 is 6.18 Å². The standard InChI is InChI=1S/C17H15F3N4O2S/c1-2-13-23-8-4-5-10(17(18,19)20)15(23)22-24(13)16(27)21-11-6-3-7-12-14(11)26-9-25-12/h3-8,13H,2,9H2,1H3,(H,21,27). The van der Waals surface area contributed by atoms with Crippen molar-refractivity contribution in [2.45, 2.75) is 25.7 Å². The van der Waals surface area contributed by atoms with Gasteiger partial charge in [-0.3, -0.25) is 0 Å². The maximum Gasteiger partial charge on any atom is 0.420 e. The van der Waals surface area contributed by atoms with E-state index in [1.807, 2.05) is 6.92 Å². The van der Waals surface area contributed by atoms with Gasteiger partial charge in [0.25, 0.3) is 0 Å². The fourth-order valence-corrected chi connectivity index (χ4v) is 3.39. The zero-order chi connectivity index (χ0) is 19.2. The van der Waals surface area contributed by atoms with Crippen LogP contribution in [-0.2, 0) is 0 Å². The van der Waals surface area contributed by atoms with Crippen LogP contribution in [0.2, 0.25) is 0 Å². The average Bonchev–Trinajstić information content (AvgIpc) is 3.25. The third-order valence-corrected chi connectivity index (χ3v) is 4.61. The molecule has 1 unspecified atom stereocenters. The number of rotatable bonds is 2. The number of nitrogens with zero attached hydrogens (tertiary/aromatic N) is 3. The van der Waals surface area contributed by atoms with Gasteiger partial charge in [-0.15, -0.1) is 5.10 Å². The van der Waals surface area contributed by atoms with Crippen molar-refractivity contribution >= 4 is 28.9 Å². The zero-order valence-electron chi connectivity index (χ0n) is 14.2. The summed E-state index contributed by atoms with van der Waals surface area (Å²) in [5.41, 5.74) is -0.233. The Morgan fingerprint density at radius 2 is 2.19 bits per heavy atom. The summed E-state index contributed by atoms with van der Waals surface area (Å²) in [6, 6.07) is 5.27. The SMILES string of the molecule is CCC1N2C=CC=C(C(F)(F)F)C2=NN1C(=S)Nc1cccc2c1OCO2. The van der Waals surface area contributed by atoms with E-state index in [2.05, 4.69) is 10.4 Å². The lowest BCUT2D eigenvalue weighted by Gasteiger charge is -2.30. The van der Waals surface area contributed by atoms with E-state index in [0.29, 0.717) is 23.6 Å². The predicted octanol–water partition coefficient (Wildman–Crippen LogP) is 3.80. The second-order valence-electron chi connectivity index (χ2n) is 5.95. The Balaban J connectivity index is 1.62. The summed E-state index contributed by atoms with van der Waals surface area (Å²) in [6.45, 7) is 1.96. The van der Waals surface area contributed by atoms with E-state index in [4.69, 9.17) is 21.7 Å². The van der Waals surface area contributed by atoms with Gasteiger partial charge in [-0.25, -0.2) is 5.01 Å². The molecule has 4 rings (SSSR count). The smallest absolute Gasteiger partial charge is 0.420 e. The van der Waals surface area contributed by atoms with Crippen molar-refractivity contribution in [3.63, 3.8) is 0 Å². The van der Waals surface area contributed by atoms with Crippen molar-refractivity contribution in [2.24, 2.45) is 5.10 Å². The van der Waals surface area contributed by atoms with Crippen molar-refractivity contribution < 1.29 is 22.6 Å². The van der Waals surface area contributed by atoms with Gasteiger partial charge in [0.2, 0.25) is 6.79 Å². The summed E-state index contributed by atoms with van der Waals surface area (Å²) in [7, 11) is 0. The highest BCUT2D eigenvalue weighted by molar-refractivity contribution is 7.80. The van der Waals surface area contributed by atoms with Crippen LogP contribution >= 0.6 is 12.2 Å². The van der Waals surface area contributed by atoms with Gasteiger partial charge in [0, 0.05) is 6.20 Å². The Labute approximate surface area is 158 Å². The molecule has 3 aliphatic heterocycles. The molecule has 0 saturated heterocycles. The number of anilines is 1. The zero-order valence-corrected chi connectivity index (χ0v) is 15.0. The molecule has 1 aromatic carbocycles. The number of thiocarbonyl (C=S) groups is 1. The molecule has 0 spiro atoms. The number of amidine groups is 1. The molecular formula is C17H15F3N4O2S. The van der Waals surface area contributed by atoms with Gasteiger partial charge in [0.15, 0.2) is 22.4 Å². The molecule has 1 N–H and O–H groups in total. The molecule has 0 amide bonds. The van der Waals surface area contributed by atoms with Gasteiger partial charge in [-0.1, -0.05) is 13.0 Å². The van der Waals surface area contributed by atoms with E-state index in [-0.39, 0.29) is 17.7 Å². The van der Waals surface area contributed by atoms with E-state index in [0.717, 1.165) is 6.08 Å². The molecule has 1 aromatic rings. The van der Waals surface area contributed by atoms with Crippen molar-refractivity contribution in [3.8, 4) is 11.5 Å². The van der Waals surface area contributed by atoms with Crippen LogP contribution in [0.25, 0.3) is 0 Å². The van der Waals surface area contributed by atoms with E-state index in [1.165, 1.54) is 16.0 Å². The quantitative estimate of drug-likeness (QED) is 0.768. The molecule has 27 heavy (non-hydrogen) atoms. The topological polar surface area (TPSA) is 49.3 Å². The lowest BCUT2D eigenvalue weighted by molar-refractivity contribution is -0.0869. The summed E-state index contributed by atoms with van der Waals surface area (Å²) in [5, 5.41) is 8.72.